The lowest BCUT2D eigenvalue weighted by Gasteiger charge is -2.32. The molecular weight excluding hydrogens is 381 g/mol. The van der Waals surface area contributed by atoms with Crippen molar-refractivity contribution in [2.24, 2.45) is 0 Å². The quantitative estimate of drug-likeness (QED) is 0.786. The molecule has 0 unspecified atom stereocenters. The van der Waals surface area contributed by atoms with Crippen molar-refractivity contribution < 1.29 is 23.6 Å². The highest BCUT2D eigenvalue weighted by Crippen LogP contribution is 2.37. The maximum atomic E-state index is 12.1. The third-order valence-corrected chi connectivity index (χ3v) is 6.06. The number of benzene rings is 2. The fraction of sp³-hybridized carbons (Fsp3) is 0.435. The Labute approximate surface area is 178 Å². The van der Waals surface area contributed by atoms with Crippen molar-refractivity contribution in [2.45, 2.75) is 58.0 Å². The minimum atomic E-state index is -0.440. The summed E-state index contributed by atoms with van der Waals surface area (Å²) in [6.45, 7) is 8.78. The third-order valence-electron chi connectivity index (χ3n) is 6.06. The zero-order valence-electron chi connectivity index (χ0n) is 17.9. The first kappa shape index (κ1) is 20.8. The minimum Gasteiger partial charge on any atom is -0.491 e. The average Bonchev–Trinajstić information content (AvgIpc) is 2.94. The van der Waals surface area contributed by atoms with Gasteiger partial charge in [0.2, 0.25) is 0 Å². The molecule has 0 spiro atoms. The van der Waals surface area contributed by atoms with Gasteiger partial charge in [-0.3, -0.25) is 0 Å². The monoisotopic (exact) mass is 409 g/mol. The predicted molar refractivity (Wildman–Crippen MR) is 115 cm³/mol. The van der Waals surface area contributed by atoms with Gasteiger partial charge in [0.1, 0.15) is 19.0 Å². The molecule has 1 N–H and O–H groups in total. The summed E-state index contributed by atoms with van der Waals surface area (Å²) in [5, 5.41) is 2.89. The molecule has 1 atom stereocenters. The van der Waals surface area contributed by atoms with Gasteiger partial charge in [0.05, 0.1) is 17.2 Å². The molecule has 6 nitrogen and oxygen atoms in total. The molecule has 30 heavy (non-hydrogen) atoms. The molecule has 1 fully saturated rings. The van der Waals surface area contributed by atoms with E-state index < -0.39 is 13.2 Å². The normalized spacial score (nSPS) is 21.5. The largest absolute Gasteiger partial charge is 0.494 e. The molecule has 158 valence electrons. The molecule has 7 heteroatoms. The molecule has 2 aliphatic rings. The van der Waals surface area contributed by atoms with Crippen LogP contribution in [-0.4, -0.2) is 37.1 Å². The van der Waals surface area contributed by atoms with Crippen LogP contribution >= 0.6 is 0 Å². The van der Waals surface area contributed by atoms with Gasteiger partial charge in [-0.1, -0.05) is 42.5 Å². The number of fused-ring (bicyclic) bond motifs is 1. The summed E-state index contributed by atoms with van der Waals surface area (Å²) in [5.74, 6) is 0.804. The molecule has 2 heterocycles. The maximum Gasteiger partial charge on any atom is 0.494 e. The zero-order chi connectivity index (χ0) is 21.4. The summed E-state index contributed by atoms with van der Waals surface area (Å²) in [7, 11) is -0.423. The number of amides is 1. The second-order valence-corrected chi connectivity index (χ2v) is 8.87. The van der Waals surface area contributed by atoms with Crippen molar-refractivity contribution >= 4 is 18.7 Å². The number of rotatable bonds is 4. The summed E-state index contributed by atoms with van der Waals surface area (Å²) < 4.78 is 23.5. The predicted octanol–water partition coefficient (Wildman–Crippen LogP) is 3.22. The van der Waals surface area contributed by atoms with Crippen LogP contribution in [0.3, 0.4) is 0 Å². The molecule has 0 bridgehead atoms. The van der Waals surface area contributed by atoms with Crippen molar-refractivity contribution in [1.29, 1.82) is 0 Å². The average molecular weight is 409 g/mol. The van der Waals surface area contributed by atoms with Gasteiger partial charge in [-0.05, 0) is 56.8 Å². The number of hydrogen-bond donors (Lipinski definition) is 1. The van der Waals surface area contributed by atoms with Crippen LogP contribution in [0.4, 0.5) is 4.79 Å². The second kappa shape index (κ2) is 7.97. The van der Waals surface area contributed by atoms with Crippen molar-refractivity contribution in [3.05, 3.63) is 59.7 Å². The SMILES string of the molecule is CC1(C)OB(c2ccc3c(c2)OC[C@H](NC(=O)OCc2ccccc2)C3)OC1(C)C. The molecule has 0 aliphatic carbocycles. The number of carbonyl (C=O) groups is 1. The molecule has 4 rings (SSSR count). The molecule has 0 saturated carbocycles. The van der Waals surface area contributed by atoms with Crippen LogP contribution in [0.25, 0.3) is 0 Å². The molecule has 1 amide bonds. The Morgan fingerprint density at radius 1 is 1.10 bits per heavy atom. The summed E-state index contributed by atoms with van der Waals surface area (Å²) in [5.41, 5.74) is 2.15. The topological polar surface area (TPSA) is 66.0 Å². The number of carbonyl (C=O) groups excluding carboxylic acids is 1. The fourth-order valence-corrected chi connectivity index (χ4v) is 3.54. The van der Waals surface area contributed by atoms with Crippen LogP contribution in [0.5, 0.6) is 5.75 Å². The highest BCUT2D eigenvalue weighted by atomic mass is 16.7. The number of alkyl carbamates (subject to hydrolysis) is 1. The van der Waals surface area contributed by atoms with Gasteiger partial charge >= 0.3 is 13.2 Å². The third kappa shape index (κ3) is 4.32. The zero-order valence-corrected chi connectivity index (χ0v) is 17.9. The molecule has 1 saturated heterocycles. The lowest BCUT2D eigenvalue weighted by molar-refractivity contribution is 0.00578. The number of ether oxygens (including phenoxy) is 2. The first-order valence-corrected chi connectivity index (χ1v) is 10.3. The van der Waals surface area contributed by atoms with Gasteiger partial charge in [-0.2, -0.15) is 0 Å². The molecule has 2 aliphatic heterocycles. The van der Waals surface area contributed by atoms with Gasteiger partial charge in [-0.15, -0.1) is 0 Å². The second-order valence-electron chi connectivity index (χ2n) is 8.87. The number of nitrogens with one attached hydrogen (secondary N) is 1. The smallest absolute Gasteiger partial charge is 0.491 e. The summed E-state index contributed by atoms with van der Waals surface area (Å²) in [6, 6.07) is 15.5. The first-order valence-electron chi connectivity index (χ1n) is 10.3. The van der Waals surface area contributed by atoms with E-state index in [9.17, 15) is 4.79 Å². The van der Waals surface area contributed by atoms with Crippen LogP contribution in [0.15, 0.2) is 48.5 Å². The van der Waals surface area contributed by atoms with Crippen molar-refractivity contribution in [2.75, 3.05) is 6.61 Å². The van der Waals surface area contributed by atoms with E-state index in [-0.39, 0.29) is 23.9 Å². The Balaban J connectivity index is 1.34. The standard InChI is InChI=1S/C23H28BNO5/c1-22(2)23(3,4)30-24(29-22)18-11-10-17-12-19(15-27-20(17)13-18)25-21(26)28-14-16-8-6-5-7-9-16/h5-11,13,19H,12,14-15H2,1-4H3,(H,25,26)/t19-/m1/s1. The molecule has 2 aromatic carbocycles. The molecular formula is C23H28BNO5. The van der Waals surface area contributed by atoms with Crippen LogP contribution < -0.4 is 15.5 Å². The molecule has 2 aromatic rings. The summed E-state index contributed by atoms with van der Waals surface area (Å²) in [6.07, 6.45) is 0.240. The van der Waals surface area contributed by atoms with Gasteiger partial charge in [0, 0.05) is 0 Å². The van der Waals surface area contributed by atoms with Gasteiger partial charge in [0.25, 0.3) is 0 Å². The van der Waals surface area contributed by atoms with Crippen LogP contribution in [0, 0.1) is 0 Å². The molecule has 0 aromatic heterocycles. The van der Waals surface area contributed by atoms with E-state index in [0.717, 1.165) is 22.3 Å². The Bertz CT molecular complexity index is 899. The van der Waals surface area contributed by atoms with Gasteiger partial charge in [0.15, 0.2) is 0 Å². The van der Waals surface area contributed by atoms with Gasteiger partial charge < -0.3 is 24.1 Å². The Kier molecular flexibility index (Phi) is 5.51. The van der Waals surface area contributed by atoms with E-state index in [4.69, 9.17) is 18.8 Å². The van der Waals surface area contributed by atoms with Crippen LogP contribution in [0.2, 0.25) is 0 Å². The first-order chi connectivity index (χ1) is 14.2. The van der Waals surface area contributed by atoms with Crippen molar-refractivity contribution in [3.8, 4) is 5.75 Å². The van der Waals surface area contributed by atoms with Crippen molar-refractivity contribution in [3.63, 3.8) is 0 Å². The van der Waals surface area contributed by atoms with E-state index in [1.54, 1.807) is 0 Å². The highest BCUT2D eigenvalue weighted by molar-refractivity contribution is 6.62. The van der Waals surface area contributed by atoms with Crippen molar-refractivity contribution in [1.82, 2.24) is 5.32 Å². The molecule has 0 radical (unpaired) electrons. The van der Waals surface area contributed by atoms with E-state index in [2.05, 4.69) is 5.32 Å². The van der Waals surface area contributed by atoms with E-state index in [1.807, 2.05) is 76.2 Å². The Morgan fingerprint density at radius 2 is 1.80 bits per heavy atom. The lowest BCUT2D eigenvalue weighted by atomic mass is 9.78. The Hall–Kier alpha value is -2.51. The van der Waals surface area contributed by atoms with E-state index in [1.165, 1.54) is 0 Å². The number of hydrogen-bond acceptors (Lipinski definition) is 5. The highest BCUT2D eigenvalue weighted by Gasteiger charge is 2.51. The summed E-state index contributed by atoms with van der Waals surface area (Å²) in [4.78, 5) is 12.1. The van der Waals surface area contributed by atoms with Crippen LogP contribution in [0.1, 0.15) is 38.8 Å². The lowest BCUT2D eigenvalue weighted by Crippen LogP contribution is -2.43. The summed E-state index contributed by atoms with van der Waals surface area (Å²) >= 11 is 0. The Morgan fingerprint density at radius 3 is 2.50 bits per heavy atom. The fourth-order valence-electron chi connectivity index (χ4n) is 3.54. The van der Waals surface area contributed by atoms with Gasteiger partial charge in [-0.25, -0.2) is 4.79 Å². The van der Waals surface area contributed by atoms with E-state index in [0.29, 0.717) is 13.0 Å². The van der Waals surface area contributed by atoms with E-state index >= 15 is 0 Å². The maximum absolute atomic E-state index is 12.1. The van der Waals surface area contributed by atoms with Crippen LogP contribution in [-0.2, 0) is 27.1 Å². The minimum absolute atomic E-state index is 0.136.